The van der Waals surface area contributed by atoms with Crippen molar-refractivity contribution < 1.29 is 4.79 Å². The third kappa shape index (κ3) is 2.83. The Bertz CT molecular complexity index is 350. The minimum absolute atomic E-state index is 0.0136. The Morgan fingerprint density at radius 2 is 2.00 bits per heavy atom. The molecular weight excluding hydrogens is 200 g/mol. The van der Waals surface area contributed by atoms with Crippen molar-refractivity contribution >= 4 is 5.91 Å². The molecule has 0 aromatic heterocycles. The van der Waals surface area contributed by atoms with Crippen LogP contribution in [0.3, 0.4) is 0 Å². The first-order valence-electron chi connectivity index (χ1n) is 5.87. The SMILES string of the molecule is NC1CCCC(NC(=O)c2ccccc2)C1. The van der Waals surface area contributed by atoms with Gasteiger partial charge in [-0.15, -0.1) is 0 Å². The predicted molar refractivity (Wildman–Crippen MR) is 64.1 cm³/mol. The fourth-order valence-electron chi connectivity index (χ4n) is 2.22. The van der Waals surface area contributed by atoms with Gasteiger partial charge in [0.15, 0.2) is 0 Å². The number of nitrogens with one attached hydrogen (secondary N) is 1. The first kappa shape index (κ1) is 11.1. The molecule has 3 N–H and O–H groups in total. The Balaban J connectivity index is 1.92. The Morgan fingerprint density at radius 3 is 2.69 bits per heavy atom. The average Bonchev–Trinajstić information content (AvgIpc) is 2.30. The second kappa shape index (κ2) is 5.12. The van der Waals surface area contributed by atoms with Crippen LogP contribution in [0.25, 0.3) is 0 Å². The van der Waals surface area contributed by atoms with Crippen molar-refractivity contribution in [1.29, 1.82) is 0 Å². The lowest BCUT2D eigenvalue weighted by atomic mass is 9.91. The van der Waals surface area contributed by atoms with Gasteiger partial charge in [-0.1, -0.05) is 18.2 Å². The molecule has 1 aliphatic rings. The van der Waals surface area contributed by atoms with Crippen LogP contribution >= 0.6 is 0 Å². The second-order valence-electron chi connectivity index (χ2n) is 4.46. The molecule has 0 aliphatic heterocycles. The van der Waals surface area contributed by atoms with Crippen molar-refractivity contribution in [2.24, 2.45) is 5.73 Å². The first-order chi connectivity index (χ1) is 7.75. The predicted octanol–water partition coefficient (Wildman–Crippen LogP) is 1.69. The number of benzene rings is 1. The van der Waals surface area contributed by atoms with Crippen LogP contribution in [0.15, 0.2) is 30.3 Å². The summed E-state index contributed by atoms with van der Waals surface area (Å²) >= 11 is 0. The Morgan fingerprint density at radius 1 is 1.25 bits per heavy atom. The monoisotopic (exact) mass is 218 g/mol. The minimum atomic E-state index is 0.0136. The minimum Gasteiger partial charge on any atom is -0.349 e. The van der Waals surface area contributed by atoms with Crippen LogP contribution in [-0.2, 0) is 0 Å². The number of hydrogen-bond donors (Lipinski definition) is 2. The van der Waals surface area contributed by atoms with Gasteiger partial charge in [0.05, 0.1) is 0 Å². The van der Waals surface area contributed by atoms with E-state index in [2.05, 4.69) is 5.32 Å². The van der Waals surface area contributed by atoms with Gasteiger partial charge in [-0.2, -0.15) is 0 Å². The maximum Gasteiger partial charge on any atom is 0.251 e. The lowest BCUT2D eigenvalue weighted by Gasteiger charge is -2.27. The quantitative estimate of drug-likeness (QED) is 0.793. The summed E-state index contributed by atoms with van der Waals surface area (Å²) in [5.74, 6) is 0.0136. The van der Waals surface area contributed by atoms with Crippen molar-refractivity contribution in [3.8, 4) is 0 Å². The van der Waals surface area contributed by atoms with Gasteiger partial charge in [0.1, 0.15) is 0 Å². The highest BCUT2D eigenvalue weighted by molar-refractivity contribution is 5.94. The summed E-state index contributed by atoms with van der Waals surface area (Å²) in [5.41, 5.74) is 6.61. The standard InChI is InChI=1S/C13H18N2O/c14-11-7-4-8-12(9-11)15-13(16)10-5-2-1-3-6-10/h1-3,5-6,11-12H,4,7-9,14H2,(H,15,16). The number of carbonyl (C=O) groups excluding carboxylic acids is 1. The lowest BCUT2D eigenvalue weighted by Crippen LogP contribution is -2.42. The van der Waals surface area contributed by atoms with Crippen molar-refractivity contribution in [2.45, 2.75) is 37.8 Å². The van der Waals surface area contributed by atoms with Crippen LogP contribution in [0.2, 0.25) is 0 Å². The van der Waals surface area contributed by atoms with Gasteiger partial charge < -0.3 is 11.1 Å². The topological polar surface area (TPSA) is 55.1 Å². The van der Waals surface area contributed by atoms with Crippen LogP contribution in [0.1, 0.15) is 36.0 Å². The van der Waals surface area contributed by atoms with Gasteiger partial charge in [-0.25, -0.2) is 0 Å². The number of amides is 1. The van der Waals surface area contributed by atoms with Gasteiger partial charge in [-0.3, -0.25) is 4.79 Å². The van der Waals surface area contributed by atoms with E-state index in [1.165, 1.54) is 0 Å². The highest BCUT2D eigenvalue weighted by Crippen LogP contribution is 2.17. The van der Waals surface area contributed by atoms with Gasteiger partial charge >= 0.3 is 0 Å². The van der Waals surface area contributed by atoms with E-state index in [4.69, 9.17) is 5.73 Å². The van der Waals surface area contributed by atoms with Crippen molar-refractivity contribution in [3.05, 3.63) is 35.9 Å². The number of hydrogen-bond acceptors (Lipinski definition) is 2. The maximum atomic E-state index is 11.9. The third-order valence-electron chi connectivity index (χ3n) is 3.09. The average molecular weight is 218 g/mol. The van der Waals surface area contributed by atoms with Crippen LogP contribution in [0, 0.1) is 0 Å². The van der Waals surface area contributed by atoms with E-state index in [9.17, 15) is 4.79 Å². The summed E-state index contributed by atoms with van der Waals surface area (Å²) in [6.07, 6.45) is 4.14. The van der Waals surface area contributed by atoms with E-state index in [-0.39, 0.29) is 18.0 Å². The zero-order chi connectivity index (χ0) is 11.4. The van der Waals surface area contributed by atoms with Gasteiger partial charge in [-0.05, 0) is 37.8 Å². The van der Waals surface area contributed by atoms with Gasteiger partial charge in [0.25, 0.3) is 5.91 Å². The highest BCUT2D eigenvalue weighted by atomic mass is 16.1. The van der Waals surface area contributed by atoms with Crippen molar-refractivity contribution in [1.82, 2.24) is 5.32 Å². The van der Waals surface area contributed by atoms with Crippen LogP contribution in [0.5, 0.6) is 0 Å². The molecule has 1 saturated carbocycles. The summed E-state index contributed by atoms with van der Waals surface area (Å²) in [4.78, 5) is 11.9. The molecule has 0 spiro atoms. The highest BCUT2D eigenvalue weighted by Gasteiger charge is 2.20. The molecule has 0 heterocycles. The summed E-state index contributed by atoms with van der Waals surface area (Å²) in [5, 5.41) is 3.05. The van der Waals surface area contributed by atoms with Crippen molar-refractivity contribution in [3.63, 3.8) is 0 Å². The molecule has 3 nitrogen and oxygen atoms in total. The van der Waals surface area contributed by atoms with E-state index >= 15 is 0 Å². The molecular formula is C13H18N2O. The maximum absolute atomic E-state index is 11.9. The first-order valence-corrected chi connectivity index (χ1v) is 5.87. The summed E-state index contributed by atoms with van der Waals surface area (Å²) in [7, 11) is 0. The van der Waals surface area contributed by atoms with Gasteiger partial charge in [0.2, 0.25) is 0 Å². The fourth-order valence-corrected chi connectivity index (χ4v) is 2.22. The normalized spacial score (nSPS) is 25.1. The molecule has 86 valence electrons. The zero-order valence-electron chi connectivity index (χ0n) is 9.36. The number of rotatable bonds is 2. The molecule has 16 heavy (non-hydrogen) atoms. The molecule has 2 atom stereocenters. The molecule has 2 unspecified atom stereocenters. The fraction of sp³-hybridized carbons (Fsp3) is 0.462. The Kier molecular flexibility index (Phi) is 3.57. The molecule has 1 aromatic rings. The van der Waals surface area contributed by atoms with E-state index in [0.29, 0.717) is 0 Å². The van der Waals surface area contributed by atoms with E-state index in [0.717, 1.165) is 31.2 Å². The van der Waals surface area contributed by atoms with Crippen LogP contribution in [-0.4, -0.2) is 18.0 Å². The number of carbonyl (C=O) groups is 1. The molecule has 0 saturated heterocycles. The Labute approximate surface area is 96.0 Å². The van der Waals surface area contributed by atoms with E-state index in [1.54, 1.807) is 0 Å². The number of nitrogens with two attached hydrogens (primary N) is 1. The molecule has 1 aromatic carbocycles. The second-order valence-corrected chi connectivity index (χ2v) is 4.46. The molecule has 0 bridgehead atoms. The van der Waals surface area contributed by atoms with E-state index in [1.807, 2.05) is 30.3 Å². The van der Waals surface area contributed by atoms with Crippen LogP contribution in [0.4, 0.5) is 0 Å². The van der Waals surface area contributed by atoms with E-state index < -0.39 is 0 Å². The molecule has 3 heteroatoms. The molecule has 2 rings (SSSR count). The largest absolute Gasteiger partial charge is 0.349 e. The lowest BCUT2D eigenvalue weighted by molar-refractivity contribution is 0.0925. The van der Waals surface area contributed by atoms with Gasteiger partial charge in [0, 0.05) is 17.6 Å². The Hall–Kier alpha value is -1.35. The zero-order valence-corrected chi connectivity index (χ0v) is 9.36. The third-order valence-corrected chi connectivity index (χ3v) is 3.09. The molecule has 0 radical (unpaired) electrons. The molecule has 1 fully saturated rings. The molecule has 1 amide bonds. The van der Waals surface area contributed by atoms with Crippen molar-refractivity contribution in [2.75, 3.05) is 0 Å². The summed E-state index contributed by atoms with van der Waals surface area (Å²) < 4.78 is 0. The molecule has 1 aliphatic carbocycles. The summed E-state index contributed by atoms with van der Waals surface area (Å²) in [6.45, 7) is 0. The van der Waals surface area contributed by atoms with Crippen LogP contribution < -0.4 is 11.1 Å². The summed E-state index contributed by atoms with van der Waals surface area (Å²) in [6, 6.07) is 9.82. The smallest absolute Gasteiger partial charge is 0.251 e.